The molecule has 0 aliphatic heterocycles. The Kier molecular flexibility index (Phi) is 61.2. The smallest absolute Gasteiger partial charge is 0.306 e. The van der Waals surface area contributed by atoms with Crippen molar-refractivity contribution in [3.05, 3.63) is 207 Å². The number of carboxylic acid groups (broad SMARTS) is 1. The first-order chi connectivity index (χ1) is 42.6. The largest absolute Gasteiger partial charge is 0.545 e. The minimum absolute atomic E-state index is 0.126. The molecule has 0 aromatic heterocycles. The molecule has 0 rings (SSSR count). The molecule has 0 spiro atoms. The van der Waals surface area contributed by atoms with E-state index in [9.17, 15) is 19.5 Å². The Morgan fingerprint density at radius 2 is 0.621 bits per heavy atom. The van der Waals surface area contributed by atoms with Crippen molar-refractivity contribution in [1.82, 2.24) is 0 Å². The van der Waals surface area contributed by atoms with Gasteiger partial charge in [-0.2, -0.15) is 0 Å². The van der Waals surface area contributed by atoms with E-state index in [4.69, 9.17) is 18.9 Å². The number of ether oxygens (including phenoxy) is 4. The second kappa shape index (κ2) is 65.8. The van der Waals surface area contributed by atoms with Crippen LogP contribution in [0.4, 0.5) is 0 Å². The van der Waals surface area contributed by atoms with Crippen molar-refractivity contribution in [1.29, 1.82) is 0 Å². The fourth-order valence-corrected chi connectivity index (χ4v) is 8.01. The van der Waals surface area contributed by atoms with Crippen molar-refractivity contribution in [3.63, 3.8) is 0 Å². The molecular weight excluding hydrogens is 1080 g/mol. The molecule has 87 heavy (non-hydrogen) atoms. The molecule has 0 bridgehead atoms. The van der Waals surface area contributed by atoms with Crippen molar-refractivity contribution in [3.8, 4) is 0 Å². The van der Waals surface area contributed by atoms with Gasteiger partial charge in [-0.1, -0.05) is 253 Å². The molecule has 9 nitrogen and oxygen atoms in total. The highest BCUT2D eigenvalue weighted by Gasteiger charge is 2.22. The molecule has 0 aliphatic rings. The summed E-state index contributed by atoms with van der Waals surface area (Å²) in [5.74, 6) is -2.38. The SMILES string of the molecule is CC/C=C\C/C=C\C/C=C\C/C=C\C/C=C\C/C=C\C/C=C\C/C=C\C/C=C\C/C=C\CCCCCCCCC(=O)OC(COC(=O)CCCCC/C=C\C/C=C\C/C=C\C/C=C\C/C=C\C/C=C\C/C=C\CC)COC(OCC[N+](C)(C)C)C(=O)[O-]. The van der Waals surface area contributed by atoms with E-state index in [-0.39, 0.29) is 32.7 Å². The molecular formula is C78H119NO8. The Labute approximate surface area is 531 Å². The normalized spacial score (nSPS) is 14.1. The van der Waals surface area contributed by atoms with E-state index < -0.39 is 30.3 Å². The number of hydrogen-bond acceptors (Lipinski definition) is 8. The molecule has 484 valence electrons. The van der Waals surface area contributed by atoms with Crippen LogP contribution in [0.2, 0.25) is 0 Å². The van der Waals surface area contributed by atoms with Gasteiger partial charge in [-0.05, 0) is 148 Å². The van der Waals surface area contributed by atoms with Crippen LogP contribution in [-0.4, -0.2) is 82.3 Å². The number of carbonyl (C=O) groups is 3. The quantitative estimate of drug-likeness (QED) is 0.0195. The fraction of sp³-hybridized carbons (Fsp3) is 0.526. The Morgan fingerprint density at radius 3 is 0.931 bits per heavy atom. The molecule has 0 saturated carbocycles. The van der Waals surface area contributed by atoms with Crippen LogP contribution >= 0.6 is 0 Å². The minimum Gasteiger partial charge on any atom is -0.545 e. The van der Waals surface area contributed by atoms with Crippen LogP contribution in [0, 0.1) is 0 Å². The monoisotopic (exact) mass is 1200 g/mol. The van der Waals surface area contributed by atoms with E-state index in [0.717, 1.165) is 167 Å². The Bertz CT molecular complexity index is 2180. The Balaban J connectivity index is 4.33. The standard InChI is InChI=1S/C78H119NO8/c1-6-8-10-12-14-16-18-20-22-24-26-28-30-32-33-34-35-36-37-38-39-40-41-42-43-45-47-49-51-53-55-57-59-61-63-65-67-69-76(81)87-74(73-86-78(77(82)83)84-71-70-79(3,4)5)72-85-75(80)68-66-64-62-60-58-56-54-52-50-48-46-44-31-29-27-25-23-21-19-17-15-13-11-9-7-2/h8-11,14-17,20-23,26-29,32-33,35-36,38-39,41-42,44-47,50-53,56,58,74,78H,6-7,12-13,18-19,24-25,30-31,34,37,40,43,48-49,54-55,57,59-73H2,1-5H3/b10-8-,11-9-,16-14-,17-15-,22-20-,23-21-,28-26-,29-27-,33-32-,36-35-,39-38-,42-41-,46-44-,47-45-,52-50-,53-51-,58-56-. The number of nitrogens with zero attached hydrogens (tertiary/aromatic N) is 1. The third-order valence-corrected chi connectivity index (χ3v) is 13.0. The summed E-state index contributed by atoms with van der Waals surface area (Å²) < 4.78 is 22.7. The van der Waals surface area contributed by atoms with Gasteiger partial charge >= 0.3 is 11.9 Å². The number of esters is 2. The molecule has 0 aliphatic carbocycles. The Morgan fingerprint density at radius 1 is 0.345 bits per heavy atom. The summed E-state index contributed by atoms with van der Waals surface area (Å²) in [5.41, 5.74) is 0. The van der Waals surface area contributed by atoms with Gasteiger partial charge in [-0.25, -0.2) is 0 Å². The van der Waals surface area contributed by atoms with E-state index in [1.807, 2.05) is 21.1 Å². The van der Waals surface area contributed by atoms with E-state index >= 15 is 0 Å². The summed E-state index contributed by atoms with van der Waals surface area (Å²) in [6, 6.07) is 0. The first-order valence-electron chi connectivity index (χ1n) is 33.2. The maximum Gasteiger partial charge on any atom is 0.306 e. The highest BCUT2D eigenvalue weighted by molar-refractivity contribution is 5.70. The highest BCUT2D eigenvalue weighted by atomic mass is 16.7. The molecule has 0 saturated heterocycles. The number of carbonyl (C=O) groups excluding carboxylic acids is 3. The summed E-state index contributed by atoms with van der Waals surface area (Å²) in [6.45, 7) is 4.42. The number of quaternary nitrogens is 1. The third-order valence-electron chi connectivity index (χ3n) is 13.0. The lowest BCUT2D eigenvalue weighted by Crippen LogP contribution is -2.44. The summed E-state index contributed by atoms with van der Waals surface area (Å²) in [6.07, 6.45) is 100. The van der Waals surface area contributed by atoms with Crippen LogP contribution in [0.3, 0.4) is 0 Å². The third kappa shape index (κ3) is 67.2. The second-order valence-corrected chi connectivity index (χ2v) is 22.3. The predicted octanol–water partition coefficient (Wildman–Crippen LogP) is 19.5. The lowest BCUT2D eigenvalue weighted by atomic mass is 10.1. The molecule has 0 fully saturated rings. The van der Waals surface area contributed by atoms with Gasteiger partial charge in [0.1, 0.15) is 13.2 Å². The van der Waals surface area contributed by atoms with Gasteiger partial charge < -0.3 is 33.3 Å². The maximum absolute atomic E-state index is 12.9. The van der Waals surface area contributed by atoms with Crippen molar-refractivity contribution in [2.45, 2.75) is 219 Å². The highest BCUT2D eigenvalue weighted by Crippen LogP contribution is 2.13. The van der Waals surface area contributed by atoms with Gasteiger partial charge in [-0.15, -0.1) is 0 Å². The van der Waals surface area contributed by atoms with Crippen molar-refractivity contribution < 1.29 is 42.9 Å². The predicted molar refractivity (Wildman–Crippen MR) is 370 cm³/mol. The fourth-order valence-electron chi connectivity index (χ4n) is 8.01. The summed E-state index contributed by atoms with van der Waals surface area (Å²) in [5, 5.41) is 11.8. The van der Waals surface area contributed by atoms with Crippen LogP contribution in [0.15, 0.2) is 207 Å². The zero-order chi connectivity index (χ0) is 63.3. The Hall–Kier alpha value is -6.13. The summed E-state index contributed by atoms with van der Waals surface area (Å²) in [7, 11) is 5.89. The van der Waals surface area contributed by atoms with Gasteiger partial charge in [0.15, 0.2) is 12.4 Å². The van der Waals surface area contributed by atoms with Gasteiger partial charge in [-0.3, -0.25) is 9.59 Å². The van der Waals surface area contributed by atoms with Crippen LogP contribution in [0.5, 0.6) is 0 Å². The lowest BCUT2D eigenvalue weighted by Gasteiger charge is -2.26. The lowest BCUT2D eigenvalue weighted by molar-refractivity contribution is -0.870. The number of aliphatic carboxylic acids is 1. The van der Waals surface area contributed by atoms with Gasteiger partial charge in [0.25, 0.3) is 0 Å². The molecule has 0 aromatic carbocycles. The minimum atomic E-state index is -1.65. The van der Waals surface area contributed by atoms with Gasteiger partial charge in [0, 0.05) is 12.8 Å². The zero-order valence-corrected chi connectivity index (χ0v) is 55.0. The van der Waals surface area contributed by atoms with E-state index in [2.05, 4.69) is 220 Å². The van der Waals surface area contributed by atoms with Gasteiger partial charge in [0.05, 0.1) is 40.3 Å². The summed E-state index contributed by atoms with van der Waals surface area (Å²) >= 11 is 0. The average molecular weight is 1200 g/mol. The molecule has 2 unspecified atom stereocenters. The molecule has 0 heterocycles. The number of allylic oxidation sites excluding steroid dienone is 34. The van der Waals surface area contributed by atoms with Crippen molar-refractivity contribution in [2.75, 3.05) is 47.5 Å². The first kappa shape index (κ1) is 80.9. The maximum atomic E-state index is 12.9. The number of unbranched alkanes of at least 4 members (excludes halogenated alkanes) is 9. The first-order valence-corrected chi connectivity index (χ1v) is 33.2. The van der Waals surface area contributed by atoms with E-state index in [0.29, 0.717) is 23.9 Å². The summed E-state index contributed by atoms with van der Waals surface area (Å²) in [4.78, 5) is 37.4. The molecule has 0 amide bonds. The number of likely N-dealkylation sites (N-methyl/N-ethyl adjacent to an activating group) is 1. The van der Waals surface area contributed by atoms with E-state index in [1.54, 1.807) is 0 Å². The second-order valence-electron chi connectivity index (χ2n) is 22.3. The number of hydrogen-bond donors (Lipinski definition) is 0. The molecule has 0 N–H and O–H groups in total. The number of carboxylic acids is 1. The topological polar surface area (TPSA) is 111 Å². The molecule has 9 heteroatoms. The zero-order valence-electron chi connectivity index (χ0n) is 55.0. The number of rotatable bonds is 58. The van der Waals surface area contributed by atoms with E-state index in [1.165, 1.54) is 0 Å². The molecule has 2 atom stereocenters. The average Bonchev–Trinajstić information content (AvgIpc) is 3.57. The molecule has 0 aromatic rings. The van der Waals surface area contributed by atoms with Crippen LogP contribution in [0.1, 0.15) is 206 Å². The van der Waals surface area contributed by atoms with Crippen LogP contribution < -0.4 is 5.11 Å². The van der Waals surface area contributed by atoms with Gasteiger partial charge in [0.2, 0.25) is 0 Å². The van der Waals surface area contributed by atoms with Crippen LogP contribution in [0.25, 0.3) is 0 Å². The van der Waals surface area contributed by atoms with Crippen molar-refractivity contribution in [2.24, 2.45) is 0 Å². The molecule has 0 radical (unpaired) electrons. The van der Waals surface area contributed by atoms with Crippen LogP contribution in [-0.2, 0) is 33.3 Å². The van der Waals surface area contributed by atoms with Crippen molar-refractivity contribution >= 4 is 17.9 Å².